The van der Waals surface area contributed by atoms with Crippen molar-refractivity contribution in [3.05, 3.63) is 34.9 Å². The highest BCUT2D eigenvalue weighted by atomic mass is 16.6. The topological polar surface area (TPSA) is 12.5 Å². The molecular formula is C15H22O. The molecule has 1 aromatic carbocycles. The molecule has 0 saturated carbocycles. The predicted octanol–water partition coefficient (Wildman–Crippen LogP) is 3.66. The van der Waals surface area contributed by atoms with Crippen LogP contribution in [0.4, 0.5) is 0 Å². The van der Waals surface area contributed by atoms with Crippen LogP contribution in [-0.4, -0.2) is 12.2 Å². The minimum atomic E-state index is 0.506. The van der Waals surface area contributed by atoms with Gasteiger partial charge in [0.15, 0.2) is 0 Å². The van der Waals surface area contributed by atoms with E-state index in [1.165, 1.54) is 16.7 Å². The van der Waals surface area contributed by atoms with Gasteiger partial charge in [0.2, 0.25) is 0 Å². The lowest BCUT2D eigenvalue weighted by Gasteiger charge is -2.10. The molecule has 0 bridgehead atoms. The maximum Gasteiger partial charge on any atom is 0.0870 e. The fourth-order valence-corrected chi connectivity index (χ4v) is 2.40. The Balaban J connectivity index is 1.96. The molecule has 3 atom stereocenters. The Morgan fingerprint density at radius 3 is 2.56 bits per heavy atom. The minimum absolute atomic E-state index is 0.506. The van der Waals surface area contributed by atoms with E-state index in [1.807, 2.05) is 0 Å². The second kappa shape index (κ2) is 4.58. The maximum absolute atomic E-state index is 5.65. The molecular weight excluding hydrogens is 196 g/mol. The summed E-state index contributed by atoms with van der Waals surface area (Å²) in [5, 5.41) is 0. The van der Waals surface area contributed by atoms with Gasteiger partial charge < -0.3 is 4.74 Å². The van der Waals surface area contributed by atoms with Crippen LogP contribution in [0.1, 0.15) is 37.0 Å². The minimum Gasteiger partial charge on any atom is -0.369 e. The van der Waals surface area contributed by atoms with Crippen LogP contribution in [0.5, 0.6) is 0 Å². The molecule has 1 heteroatoms. The molecule has 0 spiro atoms. The fraction of sp³-hybridized carbons (Fsp3) is 0.600. The van der Waals surface area contributed by atoms with Crippen LogP contribution >= 0.6 is 0 Å². The van der Waals surface area contributed by atoms with Gasteiger partial charge in [-0.05, 0) is 49.3 Å². The third kappa shape index (κ3) is 2.46. The quantitative estimate of drug-likeness (QED) is 0.703. The summed E-state index contributed by atoms with van der Waals surface area (Å²) >= 11 is 0. The highest BCUT2D eigenvalue weighted by Crippen LogP contribution is 2.33. The highest BCUT2D eigenvalue weighted by molar-refractivity contribution is 5.30. The second-order valence-electron chi connectivity index (χ2n) is 5.15. The van der Waals surface area contributed by atoms with Crippen molar-refractivity contribution in [2.75, 3.05) is 0 Å². The third-order valence-corrected chi connectivity index (χ3v) is 3.71. The zero-order valence-electron chi connectivity index (χ0n) is 10.8. The molecule has 0 aliphatic carbocycles. The number of hydrogen-bond donors (Lipinski definition) is 0. The van der Waals surface area contributed by atoms with Gasteiger partial charge in [0.05, 0.1) is 12.2 Å². The van der Waals surface area contributed by atoms with E-state index >= 15 is 0 Å². The first-order valence-corrected chi connectivity index (χ1v) is 6.33. The van der Waals surface area contributed by atoms with Crippen molar-refractivity contribution < 1.29 is 4.74 Å². The van der Waals surface area contributed by atoms with Gasteiger partial charge in [-0.1, -0.05) is 32.0 Å². The molecule has 0 N–H and O–H groups in total. The normalized spacial score (nSPS) is 25.5. The Hall–Kier alpha value is -0.820. The molecule has 88 valence electrons. The molecule has 1 aromatic rings. The van der Waals surface area contributed by atoms with E-state index in [1.54, 1.807) is 0 Å². The molecule has 16 heavy (non-hydrogen) atoms. The number of rotatable bonds is 4. The van der Waals surface area contributed by atoms with Crippen LogP contribution in [0, 0.1) is 19.8 Å². The van der Waals surface area contributed by atoms with Gasteiger partial charge in [-0.2, -0.15) is 0 Å². The number of benzene rings is 1. The van der Waals surface area contributed by atoms with Crippen molar-refractivity contribution in [3.63, 3.8) is 0 Å². The lowest BCUT2D eigenvalue weighted by molar-refractivity contribution is 0.322. The number of aryl methyl sites for hydroxylation is 2. The molecule has 0 amide bonds. The first kappa shape index (κ1) is 11.7. The first-order chi connectivity index (χ1) is 7.61. The van der Waals surface area contributed by atoms with Crippen LogP contribution in [0.2, 0.25) is 0 Å². The van der Waals surface area contributed by atoms with Gasteiger partial charge in [-0.25, -0.2) is 0 Å². The standard InChI is InChI=1S/C15H22O/c1-5-14-15(16-14)12(4)9-13-7-6-10(2)11(3)8-13/h6-8,12,14-15H,5,9H2,1-4H3. The van der Waals surface area contributed by atoms with E-state index < -0.39 is 0 Å². The second-order valence-corrected chi connectivity index (χ2v) is 5.15. The molecule has 0 aromatic heterocycles. The number of epoxide rings is 1. The summed E-state index contributed by atoms with van der Waals surface area (Å²) in [5.74, 6) is 0.645. The molecule has 1 heterocycles. The zero-order chi connectivity index (χ0) is 11.7. The average Bonchev–Trinajstić information content (AvgIpc) is 3.02. The van der Waals surface area contributed by atoms with Gasteiger partial charge in [0, 0.05) is 0 Å². The Morgan fingerprint density at radius 1 is 1.25 bits per heavy atom. The van der Waals surface area contributed by atoms with E-state index in [-0.39, 0.29) is 0 Å². The van der Waals surface area contributed by atoms with Crippen LogP contribution in [0.25, 0.3) is 0 Å². The van der Waals surface area contributed by atoms with Crippen LogP contribution in [0.3, 0.4) is 0 Å². The monoisotopic (exact) mass is 218 g/mol. The predicted molar refractivity (Wildman–Crippen MR) is 67.7 cm³/mol. The Bertz CT molecular complexity index is 370. The summed E-state index contributed by atoms with van der Waals surface area (Å²) in [5.41, 5.74) is 4.22. The van der Waals surface area contributed by atoms with Crippen LogP contribution in [-0.2, 0) is 11.2 Å². The Kier molecular flexibility index (Phi) is 3.34. The van der Waals surface area contributed by atoms with Gasteiger partial charge in [-0.15, -0.1) is 0 Å². The van der Waals surface area contributed by atoms with Crippen molar-refractivity contribution in [1.82, 2.24) is 0 Å². The largest absolute Gasteiger partial charge is 0.369 e. The first-order valence-electron chi connectivity index (χ1n) is 6.33. The van der Waals surface area contributed by atoms with E-state index in [0.29, 0.717) is 18.1 Å². The van der Waals surface area contributed by atoms with Crippen molar-refractivity contribution in [1.29, 1.82) is 0 Å². The summed E-state index contributed by atoms with van der Waals surface area (Å²) in [6.45, 7) is 8.86. The highest BCUT2D eigenvalue weighted by Gasteiger charge is 2.40. The lowest BCUT2D eigenvalue weighted by Crippen LogP contribution is -2.10. The summed E-state index contributed by atoms with van der Waals surface area (Å²) in [6.07, 6.45) is 3.33. The SMILES string of the molecule is CCC1OC1C(C)Cc1ccc(C)c(C)c1. The molecule has 1 nitrogen and oxygen atoms in total. The van der Waals surface area contributed by atoms with Crippen molar-refractivity contribution in [2.24, 2.45) is 5.92 Å². The van der Waals surface area contributed by atoms with Crippen LogP contribution in [0.15, 0.2) is 18.2 Å². The van der Waals surface area contributed by atoms with Gasteiger partial charge >= 0.3 is 0 Å². The van der Waals surface area contributed by atoms with Crippen molar-refractivity contribution >= 4 is 0 Å². The summed E-state index contributed by atoms with van der Waals surface area (Å²) in [6, 6.07) is 6.79. The van der Waals surface area contributed by atoms with E-state index in [2.05, 4.69) is 45.9 Å². The molecule has 1 aliphatic heterocycles. The zero-order valence-corrected chi connectivity index (χ0v) is 10.8. The molecule has 1 saturated heterocycles. The van der Waals surface area contributed by atoms with Crippen molar-refractivity contribution in [2.45, 2.75) is 52.7 Å². The Labute approximate surface area is 98.8 Å². The summed E-state index contributed by atoms with van der Waals surface area (Å²) < 4.78 is 5.65. The van der Waals surface area contributed by atoms with Gasteiger partial charge in [0.1, 0.15) is 0 Å². The lowest BCUT2D eigenvalue weighted by atomic mass is 9.94. The molecule has 3 unspecified atom stereocenters. The van der Waals surface area contributed by atoms with Gasteiger partial charge in [0.25, 0.3) is 0 Å². The fourth-order valence-electron chi connectivity index (χ4n) is 2.40. The average molecular weight is 218 g/mol. The van der Waals surface area contributed by atoms with Crippen LogP contribution < -0.4 is 0 Å². The van der Waals surface area contributed by atoms with E-state index in [0.717, 1.165) is 12.8 Å². The summed E-state index contributed by atoms with van der Waals surface area (Å²) in [7, 11) is 0. The van der Waals surface area contributed by atoms with Gasteiger partial charge in [-0.3, -0.25) is 0 Å². The smallest absolute Gasteiger partial charge is 0.0870 e. The third-order valence-electron chi connectivity index (χ3n) is 3.71. The maximum atomic E-state index is 5.65. The summed E-state index contributed by atoms with van der Waals surface area (Å²) in [4.78, 5) is 0. The number of hydrogen-bond acceptors (Lipinski definition) is 1. The molecule has 0 radical (unpaired) electrons. The number of ether oxygens (including phenoxy) is 1. The molecule has 1 fully saturated rings. The van der Waals surface area contributed by atoms with Crippen molar-refractivity contribution in [3.8, 4) is 0 Å². The molecule has 1 aliphatic rings. The Morgan fingerprint density at radius 2 is 2.00 bits per heavy atom. The van der Waals surface area contributed by atoms with E-state index in [4.69, 9.17) is 4.74 Å². The molecule has 2 rings (SSSR count). The van der Waals surface area contributed by atoms with E-state index in [9.17, 15) is 0 Å².